The van der Waals surface area contributed by atoms with Gasteiger partial charge in [0, 0.05) is 19.1 Å². The van der Waals surface area contributed by atoms with E-state index >= 15 is 0 Å². The van der Waals surface area contributed by atoms with Crippen LogP contribution in [-0.2, 0) is 16.0 Å². The van der Waals surface area contributed by atoms with Crippen LogP contribution in [0.15, 0.2) is 18.2 Å². The molecule has 182 valence electrons. The molecule has 6 nitrogen and oxygen atoms in total. The van der Waals surface area contributed by atoms with E-state index in [0.29, 0.717) is 23.1 Å². The third-order valence-electron chi connectivity index (χ3n) is 7.03. The first-order chi connectivity index (χ1) is 15.6. The highest BCUT2D eigenvalue weighted by molar-refractivity contribution is 6.42. The Morgan fingerprint density at radius 3 is 2.27 bits per heavy atom. The molecule has 0 bridgehead atoms. The zero-order valence-electron chi connectivity index (χ0n) is 19.9. The molecule has 3 atom stereocenters. The van der Waals surface area contributed by atoms with Gasteiger partial charge in [0.05, 0.1) is 28.5 Å². The number of hydrogen-bond donors (Lipinski definition) is 0. The lowest BCUT2D eigenvalue weighted by Crippen LogP contribution is -2.69. The fourth-order valence-corrected chi connectivity index (χ4v) is 5.98. The predicted molar refractivity (Wildman–Crippen MR) is 131 cm³/mol. The van der Waals surface area contributed by atoms with Crippen molar-refractivity contribution in [2.45, 2.75) is 83.0 Å². The number of carbonyl (C=O) groups is 2. The van der Waals surface area contributed by atoms with Gasteiger partial charge in [-0.15, -0.1) is 0 Å². The summed E-state index contributed by atoms with van der Waals surface area (Å²) in [6, 6.07) is 5.60. The zero-order chi connectivity index (χ0) is 23.8. The van der Waals surface area contributed by atoms with Crippen molar-refractivity contribution >= 4 is 35.2 Å². The van der Waals surface area contributed by atoms with Crippen molar-refractivity contribution in [2.24, 2.45) is 0 Å². The van der Waals surface area contributed by atoms with E-state index in [-0.39, 0.29) is 36.5 Å². The number of piperazine rings is 1. The van der Waals surface area contributed by atoms with Crippen LogP contribution >= 0.6 is 23.2 Å². The monoisotopic (exact) mass is 495 g/mol. The van der Waals surface area contributed by atoms with Gasteiger partial charge in [-0.25, -0.2) is 4.79 Å². The quantitative estimate of drug-likeness (QED) is 0.591. The van der Waals surface area contributed by atoms with Crippen molar-refractivity contribution in [3.8, 4) is 0 Å². The minimum atomic E-state index is -0.545. The summed E-state index contributed by atoms with van der Waals surface area (Å²) in [6.45, 7) is 8.83. The minimum Gasteiger partial charge on any atom is -0.444 e. The molecule has 33 heavy (non-hydrogen) atoms. The lowest BCUT2D eigenvalue weighted by molar-refractivity contribution is -0.142. The number of ether oxygens (including phenoxy) is 1. The van der Waals surface area contributed by atoms with Crippen LogP contribution in [0.2, 0.25) is 10.0 Å². The van der Waals surface area contributed by atoms with Gasteiger partial charge in [0.15, 0.2) is 0 Å². The maximum absolute atomic E-state index is 13.6. The average Bonchev–Trinajstić information content (AvgIpc) is 3.28. The van der Waals surface area contributed by atoms with Crippen LogP contribution < -0.4 is 0 Å². The smallest absolute Gasteiger partial charge is 0.410 e. The number of halogens is 2. The molecular formula is C25H35Cl2N3O3. The molecule has 1 aromatic carbocycles. The van der Waals surface area contributed by atoms with Crippen molar-refractivity contribution in [1.82, 2.24) is 14.7 Å². The first-order valence-corrected chi connectivity index (χ1v) is 12.9. The van der Waals surface area contributed by atoms with Crippen LogP contribution in [0.4, 0.5) is 4.79 Å². The summed E-state index contributed by atoms with van der Waals surface area (Å²) < 4.78 is 5.75. The molecule has 0 unspecified atom stereocenters. The molecule has 0 spiro atoms. The lowest BCUT2D eigenvalue weighted by Gasteiger charge is -2.54. The zero-order valence-corrected chi connectivity index (χ0v) is 21.4. The summed E-state index contributed by atoms with van der Waals surface area (Å²) in [7, 11) is 0. The van der Waals surface area contributed by atoms with Gasteiger partial charge in [-0.1, -0.05) is 29.3 Å². The molecule has 4 rings (SSSR count). The normalized spacial score (nSPS) is 26.3. The van der Waals surface area contributed by atoms with E-state index in [1.54, 1.807) is 12.1 Å². The Hall–Kier alpha value is -1.50. The van der Waals surface area contributed by atoms with Crippen molar-refractivity contribution < 1.29 is 14.3 Å². The van der Waals surface area contributed by atoms with Gasteiger partial charge >= 0.3 is 6.09 Å². The molecule has 1 saturated carbocycles. The van der Waals surface area contributed by atoms with Crippen LogP contribution in [0.3, 0.4) is 0 Å². The van der Waals surface area contributed by atoms with Gasteiger partial charge in [-0.05, 0) is 83.7 Å². The van der Waals surface area contributed by atoms with E-state index in [2.05, 4.69) is 4.90 Å². The summed E-state index contributed by atoms with van der Waals surface area (Å²) in [5, 5.41) is 0.947. The fourth-order valence-electron chi connectivity index (χ4n) is 5.66. The van der Waals surface area contributed by atoms with E-state index in [1.807, 2.05) is 36.6 Å². The Morgan fingerprint density at radius 2 is 1.61 bits per heavy atom. The van der Waals surface area contributed by atoms with Gasteiger partial charge in [0.1, 0.15) is 5.60 Å². The number of benzene rings is 1. The molecule has 1 aromatic rings. The Labute approximate surface area is 207 Å². The molecule has 3 aliphatic rings. The number of carbonyl (C=O) groups excluding carboxylic acids is 2. The second kappa shape index (κ2) is 10.0. The Morgan fingerprint density at radius 1 is 0.939 bits per heavy atom. The summed E-state index contributed by atoms with van der Waals surface area (Å²) in [5.74, 6) is 0.0818. The molecule has 1 aliphatic carbocycles. The second-order valence-corrected chi connectivity index (χ2v) is 11.3. The van der Waals surface area contributed by atoms with Crippen LogP contribution in [0.1, 0.15) is 58.4 Å². The van der Waals surface area contributed by atoms with Gasteiger partial charge in [0.25, 0.3) is 0 Å². The Balaban J connectivity index is 1.59. The Bertz CT molecular complexity index is 882. The highest BCUT2D eigenvalue weighted by Crippen LogP contribution is 2.36. The lowest BCUT2D eigenvalue weighted by atomic mass is 9.81. The predicted octanol–water partition coefficient (Wildman–Crippen LogP) is 5.00. The van der Waals surface area contributed by atoms with Crippen molar-refractivity contribution in [1.29, 1.82) is 0 Å². The molecule has 2 amide bonds. The molecular weight excluding hydrogens is 461 g/mol. The van der Waals surface area contributed by atoms with E-state index in [1.165, 1.54) is 12.8 Å². The number of hydrogen-bond acceptors (Lipinski definition) is 4. The van der Waals surface area contributed by atoms with E-state index < -0.39 is 5.60 Å². The van der Waals surface area contributed by atoms with Crippen LogP contribution in [0, 0.1) is 0 Å². The highest BCUT2D eigenvalue weighted by atomic mass is 35.5. The van der Waals surface area contributed by atoms with Gasteiger partial charge < -0.3 is 14.5 Å². The summed E-state index contributed by atoms with van der Waals surface area (Å²) in [6.07, 6.45) is 5.40. The van der Waals surface area contributed by atoms with Gasteiger partial charge in [-0.2, -0.15) is 0 Å². The maximum atomic E-state index is 13.6. The average molecular weight is 496 g/mol. The molecule has 0 N–H and O–H groups in total. The fraction of sp³-hybridized carbons (Fsp3) is 0.680. The van der Waals surface area contributed by atoms with Gasteiger partial charge in [0.2, 0.25) is 5.91 Å². The second-order valence-electron chi connectivity index (χ2n) is 10.5. The first kappa shape index (κ1) is 24.6. The van der Waals surface area contributed by atoms with Crippen molar-refractivity contribution in [3.63, 3.8) is 0 Å². The third kappa shape index (κ3) is 5.60. The number of amides is 2. The molecule has 8 heteroatoms. The topological polar surface area (TPSA) is 53.1 Å². The Kier molecular flexibility index (Phi) is 7.47. The summed E-state index contributed by atoms with van der Waals surface area (Å²) in [5.41, 5.74) is 0.310. The molecule has 2 heterocycles. The number of rotatable bonds is 3. The highest BCUT2D eigenvalue weighted by Gasteiger charge is 2.49. The third-order valence-corrected chi connectivity index (χ3v) is 7.77. The number of likely N-dealkylation sites (tertiary alicyclic amines) is 1. The first-order valence-electron chi connectivity index (χ1n) is 12.1. The van der Waals surface area contributed by atoms with Crippen molar-refractivity contribution in [2.75, 3.05) is 26.2 Å². The number of nitrogens with zero attached hydrogens (tertiary/aromatic N) is 3. The SMILES string of the molecule is CC(C)(C)OC(=O)N1CCN(C(=O)Cc2ccc(Cl)c(Cl)c2)[C@@H]2[C@H](N3CCCC3)CCC[C@@H]21. The largest absolute Gasteiger partial charge is 0.444 e. The molecule has 0 radical (unpaired) electrons. The number of fused-ring (bicyclic) bond motifs is 1. The van der Waals surface area contributed by atoms with Crippen LogP contribution in [0.25, 0.3) is 0 Å². The molecule has 3 fully saturated rings. The van der Waals surface area contributed by atoms with E-state index in [0.717, 1.165) is 37.9 Å². The van der Waals surface area contributed by atoms with E-state index in [9.17, 15) is 9.59 Å². The molecule has 2 aliphatic heterocycles. The van der Waals surface area contributed by atoms with E-state index in [4.69, 9.17) is 27.9 Å². The molecule has 2 saturated heterocycles. The van der Waals surface area contributed by atoms with Gasteiger partial charge in [-0.3, -0.25) is 9.69 Å². The summed E-state index contributed by atoms with van der Waals surface area (Å²) in [4.78, 5) is 33.1. The van der Waals surface area contributed by atoms with Crippen molar-refractivity contribution in [3.05, 3.63) is 33.8 Å². The summed E-state index contributed by atoms with van der Waals surface area (Å²) >= 11 is 12.2. The maximum Gasteiger partial charge on any atom is 0.410 e. The standard InChI is InChI=1S/C25H35Cl2N3O3/c1-25(2,3)33-24(32)29-13-14-30(22(31)16-17-9-10-18(26)19(27)15-17)23-20(7-6-8-21(23)29)28-11-4-5-12-28/h9-10,15,20-21,23H,4-8,11-14,16H2,1-3H3/t20-,21+,23-/m1/s1. The molecule has 0 aromatic heterocycles. The van der Waals surface area contributed by atoms with Crippen LogP contribution in [-0.4, -0.2) is 76.6 Å². The minimum absolute atomic E-state index is 0.0200. The van der Waals surface area contributed by atoms with Crippen LogP contribution in [0.5, 0.6) is 0 Å².